The molecule has 0 spiro atoms. The standard InChI is InChI=1S/C18H18O2S/c1-15(17-9-5-3-6-10-17)13-21(19,20)14-16(2)18-11-7-4-8-12-18/h3-14H,1-2H3. The van der Waals surface area contributed by atoms with E-state index in [0.717, 1.165) is 22.3 Å². The van der Waals surface area contributed by atoms with Crippen LogP contribution < -0.4 is 0 Å². The van der Waals surface area contributed by atoms with Crippen LogP contribution in [0.5, 0.6) is 0 Å². The lowest BCUT2D eigenvalue weighted by molar-refractivity contribution is 0.613. The molecule has 0 aliphatic carbocycles. The third kappa shape index (κ3) is 4.43. The number of benzene rings is 2. The molecular formula is C18H18O2S. The zero-order valence-corrected chi connectivity index (χ0v) is 13.0. The topological polar surface area (TPSA) is 34.1 Å². The zero-order valence-electron chi connectivity index (χ0n) is 12.2. The second kappa shape index (κ2) is 6.55. The average molecular weight is 298 g/mol. The Bertz CT molecular complexity index is 694. The van der Waals surface area contributed by atoms with Gasteiger partial charge in [-0.25, -0.2) is 8.42 Å². The van der Waals surface area contributed by atoms with Gasteiger partial charge in [-0.1, -0.05) is 60.7 Å². The van der Waals surface area contributed by atoms with Crippen molar-refractivity contribution < 1.29 is 8.42 Å². The van der Waals surface area contributed by atoms with E-state index in [0.29, 0.717) is 0 Å². The molecule has 0 unspecified atom stereocenters. The smallest absolute Gasteiger partial charge is 0.193 e. The maximum absolute atomic E-state index is 12.2. The van der Waals surface area contributed by atoms with Crippen LogP contribution in [0.4, 0.5) is 0 Å². The van der Waals surface area contributed by atoms with Gasteiger partial charge in [0.2, 0.25) is 0 Å². The van der Waals surface area contributed by atoms with Gasteiger partial charge in [0.15, 0.2) is 9.84 Å². The van der Waals surface area contributed by atoms with E-state index in [1.807, 2.05) is 60.7 Å². The van der Waals surface area contributed by atoms with E-state index < -0.39 is 9.84 Å². The quantitative estimate of drug-likeness (QED) is 0.831. The summed E-state index contributed by atoms with van der Waals surface area (Å²) in [6, 6.07) is 19.0. The Hall–Kier alpha value is -2.13. The number of hydrogen-bond donors (Lipinski definition) is 0. The summed E-state index contributed by atoms with van der Waals surface area (Å²) in [6.07, 6.45) is 0. The highest BCUT2D eigenvalue weighted by Gasteiger charge is 2.07. The summed E-state index contributed by atoms with van der Waals surface area (Å²) < 4.78 is 24.5. The van der Waals surface area contributed by atoms with Gasteiger partial charge >= 0.3 is 0 Å². The Kier molecular flexibility index (Phi) is 4.76. The Balaban J connectivity index is 2.31. The summed E-state index contributed by atoms with van der Waals surface area (Å²) in [5.74, 6) is 0. The SMILES string of the molecule is CC(=CS(=O)(=O)C=C(C)c1ccccc1)c1ccccc1. The van der Waals surface area contributed by atoms with Gasteiger partial charge < -0.3 is 0 Å². The van der Waals surface area contributed by atoms with Crippen LogP contribution in [0.25, 0.3) is 11.1 Å². The van der Waals surface area contributed by atoms with Crippen LogP contribution in [0, 0.1) is 0 Å². The summed E-state index contributed by atoms with van der Waals surface area (Å²) >= 11 is 0. The van der Waals surface area contributed by atoms with E-state index in [1.165, 1.54) is 10.8 Å². The highest BCUT2D eigenvalue weighted by Crippen LogP contribution is 2.19. The molecule has 0 saturated carbocycles. The molecule has 21 heavy (non-hydrogen) atoms. The molecule has 2 rings (SSSR count). The minimum absolute atomic E-state index is 0.729. The Morgan fingerprint density at radius 2 is 1.05 bits per heavy atom. The summed E-state index contributed by atoms with van der Waals surface area (Å²) in [5, 5.41) is 2.63. The minimum Gasteiger partial charge on any atom is -0.220 e. The van der Waals surface area contributed by atoms with Crippen LogP contribution >= 0.6 is 0 Å². The first-order valence-electron chi connectivity index (χ1n) is 6.70. The molecule has 0 aliphatic heterocycles. The van der Waals surface area contributed by atoms with Gasteiger partial charge in [-0.15, -0.1) is 0 Å². The molecule has 0 aliphatic rings. The molecule has 0 saturated heterocycles. The summed E-state index contributed by atoms with van der Waals surface area (Å²) in [5.41, 5.74) is 3.28. The minimum atomic E-state index is -3.40. The third-order valence-corrected chi connectivity index (χ3v) is 4.50. The number of allylic oxidation sites excluding steroid dienone is 2. The molecule has 0 N–H and O–H groups in total. The van der Waals surface area contributed by atoms with Crippen molar-refractivity contribution in [3.63, 3.8) is 0 Å². The maximum atomic E-state index is 12.2. The zero-order chi connectivity index (χ0) is 15.3. The van der Waals surface area contributed by atoms with Crippen molar-refractivity contribution in [2.24, 2.45) is 0 Å². The molecule has 0 aromatic heterocycles. The Labute approximate surface area is 126 Å². The lowest BCUT2D eigenvalue weighted by Gasteiger charge is -2.03. The van der Waals surface area contributed by atoms with E-state index in [1.54, 1.807) is 13.8 Å². The van der Waals surface area contributed by atoms with Crippen LogP contribution in [0.15, 0.2) is 71.5 Å². The van der Waals surface area contributed by atoms with Crippen LogP contribution in [-0.2, 0) is 9.84 Å². The van der Waals surface area contributed by atoms with Crippen LogP contribution in [0.2, 0.25) is 0 Å². The molecule has 0 radical (unpaired) electrons. The molecule has 2 aromatic rings. The van der Waals surface area contributed by atoms with Crippen molar-refractivity contribution in [2.45, 2.75) is 13.8 Å². The van der Waals surface area contributed by atoms with E-state index >= 15 is 0 Å². The van der Waals surface area contributed by atoms with E-state index in [2.05, 4.69) is 0 Å². The fourth-order valence-corrected chi connectivity index (χ4v) is 3.39. The Morgan fingerprint density at radius 3 is 1.38 bits per heavy atom. The van der Waals surface area contributed by atoms with Crippen LogP contribution in [-0.4, -0.2) is 8.42 Å². The van der Waals surface area contributed by atoms with Gasteiger partial charge in [0.05, 0.1) is 0 Å². The van der Waals surface area contributed by atoms with Gasteiger partial charge in [0.25, 0.3) is 0 Å². The van der Waals surface area contributed by atoms with Crippen molar-refractivity contribution in [3.05, 3.63) is 82.6 Å². The van der Waals surface area contributed by atoms with Crippen molar-refractivity contribution in [2.75, 3.05) is 0 Å². The lowest BCUT2D eigenvalue weighted by atomic mass is 10.1. The second-order valence-corrected chi connectivity index (χ2v) is 6.57. The van der Waals surface area contributed by atoms with Gasteiger partial charge in [-0.3, -0.25) is 0 Å². The summed E-state index contributed by atoms with van der Waals surface area (Å²) in [6.45, 7) is 3.61. The van der Waals surface area contributed by atoms with Crippen molar-refractivity contribution in [3.8, 4) is 0 Å². The second-order valence-electron chi connectivity index (χ2n) is 4.92. The predicted molar refractivity (Wildman–Crippen MR) is 89.1 cm³/mol. The molecule has 0 amide bonds. The fourth-order valence-electron chi connectivity index (χ4n) is 2.06. The van der Waals surface area contributed by atoms with Gasteiger partial charge in [-0.2, -0.15) is 0 Å². The van der Waals surface area contributed by atoms with E-state index in [-0.39, 0.29) is 0 Å². The molecule has 0 fully saturated rings. The molecule has 0 bridgehead atoms. The molecule has 0 atom stereocenters. The van der Waals surface area contributed by atoms with Gasteiger partial charge in [0.1, 0.15) is 0 Å². The predicted octanol–water partition coefficient (Wildman–Crippen LogP) is 4.52. The normalized spacial score (nSPS) is 13.2. The largest absolute Gasteiger partial charge is 0.220 e. The molecular weight excluding hydrogens is 280 g/mol. The first-order chi connectivity index (χ1) is 9.98. The number of hydrogen-bond acceptors (Lipinski definition) is 2. The molecule has 108 valence electrons. The van der Waals surface area contributed by atoms with Gasteiger partial charge in [0, 0.05) is 10.8 Å². The van der Waals surface area contributed by atoms with Crippen LogP contribution in [0.3, 0.4) is 0 Å². The highest BCUT2D eigenvalue weighted by atomic mass is 32.2. The van der Waals surface area contributed by atoms with Crippen molar-refractivity contribution in [1.82, 2.24) is 0 Å². The van der Waals surface area contributed by atoms with E-state index in [9.17, 15) is 8.42 Å². The van der Waals surface area contributed by atoms with Crippen molar-refractivity contribution in [1.29, 1.82) is 0 Å². The van der Waals surface area contributed by atoms with Gasteiger partial charge in [-0.05, 0) is 36.1 Å². The first kappa shape index (κ1) is 15.3. The summed E-state index contributed by atoms with van der Waals surface area (Å²) in [7, 11) is -3.40. The fraction of sp³-hybridized carbons (Fsp3) is 0.111. The average Bonchev–Trinajstić information content (AvgIpc) is 2.48. The van der Waals surface area contributed by atoms with E-state index in [4.69, 9.17) is 0 Å². The Morgan fingerprint density at radius 1 is 0.714 bits per heavy atom. The molecule has 3 heteroatoms. The number of sulfone groups is 1. The molecule has 0 heterocycles. The first-order valence-corrected chi connectivity index (χ1v) is 8.31. The lowest BCUT2D eigenvalue weighted by Crippen LogP contribution is -1.93. The monoisotopic (exact) mass is 298 g/mol. The third-order valence-electron chi connectivity index (χ3n) is 3.14. The maximum Gasteiger partial charge on any atom is 0.193 e. The molecule has 2 nitrogen and oxygen atoms in total. The molecule has 2 aromatic carbocycles. The number of rotatable bonds is 4. The van der Waals surface area contributed by atoms with Crippen LogP contribution in [0.1, 0.15) is 25.0 Å². The highest BCUT2D eigenvalue weighted by molar-refractivity contribution is 7.97. The summed E-state index contributed by atoms with van der Waals surface area (Å²) in [4.78, 5) is 0. The van der Waals surface area contributed by atoms with Crippen molar-refractivity contribution >= 4 is 21.0 Å².